The summed E-state index contributed by atoms with van der Waals surface area (Å²) in [6.07, 6.45) is -0.722. The van der Waals surface area contributed by atoms with E-state index >= 15 is 0 Å². The van der Waals surface area contributed by atoms with Crippen LogP contribution >= 0.6 is 15.9 Å². The van der Waals surface area contributed by atoms with Crippen molar-refractivity contribution in [3.8, 4) is 11.5 Å². The zero-order valence-corrected chi connectivity index (χ0v) is 12.2. The number of rotatable bonds is 4. The first-order valence-corrected chi connectivity index (χ1v) is 6.67. The predicted molar refractivity (Wildman–Crippen MR) is 77.9 cm³/mol. The Morgan fingerprint density at radius 2 is 1.95 bits per heavy atom. The molecule has 2 rings (SSSR count). The molecule has 0 aromatic heterocycles. The summed E-state index contributed by atoms with van der Waals surface area (Å²) < 4.78 is 6.19. The zero-order chi connectivity index (χ0) is 14.7. The minimum atomic E-state index is -0.722. The number of hydrogen-bond donors (Lipinski definition) is 1. The van der Waals surface area contributed by atoms with Crippen LogP contribution in [0.15, 0.2) is 46.9 Å². The van der Waals surface area contributed by atoms with Gasteiger partial charge in [0.25, 0.3) is 0 Å². The number of halogens is 1. The van der Waals surface area contributed by atoms with Gasteiger partial charge >= 0.3 is 5.69 Å². The van der Waals surface area contributed by atoms with Gasteiger partial charge in [0.15, 0.2) is 0 Å². The van der Waals surface area contributed by atoms with E-state index in [0.29, 0.717) is 15.8 Å². The maximum atomic E-state index is 11.0. The number of nitrogens with zero attached hydrogens (tertiary/aromatic N) is 1. The van der Waals surface area contributed by atoms with Crippen LogP contribution in [0.2, 0.25) is 0 Å². The third kappa shape index (κ3) is 3.15. The minimum absolute atomic E-state index is 0.131. The molecule has 6 heteroatoms. The number of para-hydroxylation sites is 1. The highest BCUT2D eigenvalue weighted by Gasteiger charge is 2.18. The van der Waals surface area contributed by atoms with Crippen LogP contribution in [-0.2, 0) is 0 Å². The Kier molecular flexibility index (Phi) is 4.36. The molecule has 0 bridgehead atoms. The van der Waals surface area contributed by atoms with Gasteiger partial charge in [-0.05, 0) is 25.1 Å². The van der Waals surface area contributed by atoms with E-state index in [1.54, 1.807) is 37.3 Å². The van der Waals surface area contributed by atoms with Gasteiger partial charge < -0.3 is 9.84 Å². The summed E-state index contributed by atoms with van der Waals surface area (Å²) in [5.74, 6) is 0.527. The van der Waals surface area contributed by atoms with Gasteiger partial charge in [-0.1, -0.05) is 34.1 Å². The second kappa shape index (κ2) is 6.02. The van der Waals surface area contributed by atoms with Gasteiger partial charge in [0.05, 0.1) is 11.0 Å². The molecule has 0 aliphatic heterocycles. The Labute approximate surface area is 124 Å². The Morgan fingerprint density at radius 1 is 1.25 bits per heavy atom. The van der Waals surface area contributed by atoms with E-state index in [0.717, 1.165) is 0 Å². The summed E-state index contributed by atoms with van der Waals surface area (Å²) in [4.78, 5) is 10.5. The summed E-state index contributed by atoms with van der Waals surface area (Å²) in [5.41, 5.74) is 0.435. The van der Waals surface area contributed by atoms with Crippen molar-refractivity contribution < 1.29 is 14.8 Å². The van der Waals surface area contributed by atoms with Gasteiger partial charge in [-0.3, -0.25) is 10.1 Å². The van der Waals surface area contributed by atoms with Gasteiger partial charge in [-0.2, -0.15) is 0 Å². The van der Waals surface area contributed by atoms with Crippen molar-refractivity contribution in [3.63, 3.8) is 0 Å². The normalized spacial score (nSPS) is 11.9. The fraction of sp³-hybridized carbons (Fsp3) is 0.143. The Morgan fingerprint density at radius 3 is 2.60 bits per heavy atom. The standard InChI is InChI=1S/C14H12BrNO4/c1-9(17)11-4-2-3-5-13(11)20-14-7-6-10(15)8-12(14)16(18)19/h2-9,17H,1H3. The largest absolute Gasteiger partial charge is 0.450 e. The lowest BCUT2D eigenvalue weighted by molar-refractivity contribution is -0.385. The Balaban J connectivity index is 2.43. The monoisotopic (exact) mass is 337 g/mol. The molecule has 0 aliphatic carbocycles. The van der Waals surface area contributed by atoms with E-state index in [1.165, 1.54) is 12.1 Å². The third-order valence-corrected chi connectivity index (χ3v) is 3.20. The molecule has 0 spiro atoms. The van der Waals surface area contributed by atoms with Crippen molar-refractivity contribution >= 4 is 21.6 Å². The summed E-state index contributed by atoms with van der Waals surface area (Å²) in [6, 6.07) is 11.4. The molecule has 0 heterocycles. The lowest BCUT2D eigenvalue weighted by Crippen LogP contribution is -1.98. The molecule has 1 unspecified atom stereocenters. The molecule has 0 fully saturated rings. The molecule has 0 saturated heterocycles. The van der Waals surface area contributed by atoms with Crippen LogP contribution in [0.3, 0.4) is 0 Å². The molecular weight excluding hydrogens is 326 g/mol. The van der Waals surface area contributed by atoms with Crippen LogP contribution in [0.25, 0.3) is 0 Å². The number of aliphatic hydroxyl groups is 1. The highest BCUT2D eigenvalue weighted by atomic mass is 79.9. The first-order valence-electron chi connectivity index (χ1n) is 5.88. The number of aliphatic hydroxyl groups excluding tert-OH is 1. The smallest absolute Gasteiger partial charge is 0.312 e. The highest BCUT2D eigenvalue weighted by Crippen LogP contribution is 2.36. The minimum Gasteiger partial charge on any atom is -0.450 e. The Bertz CT molecular complexity index is 643. The van der Waals surface area contributed by atoms with Crippen LogP contribution in [0.5, 0.6) is 11.5 Å². The van der Waals surface area contributed by atoms with Crippen LogP contribution in [0.4, 0.5) is 5.69 Å². The number of nitro groups is 1. The van der Waals surface area contributed by atoms with E-state index in [2.05, 4.69) is 15.9 Å². The summed E-state index contributed by atoms with van der Waals surface area (Å²) in [6.45, 7) is 1.61. The third-order valence-electron chi connectivity index (χ3n) is 2.71. The van der Waals surface area contributed by atoms with Crippen LogP contribution in [0, 0.1) is 10.1 Å². The molecular formula is C14H12BrNO4. The van der Waals surface area contributed by atoms with E-state index in [9.17, 15) is 15.2 Å². The zero-order valence-electron chi connectivity index (χ0n) is 10.6. The maximum Gasteiger partial charge on any atom is 0.312 e. The lowest BCUT2D eigenvalue weighted by Gasteiger charge is -2.13. The van der Waals surface area contributed by atoms with Crippen molar-refractivity contribution in [1.82, 2.24) is 0 Å². The molecule has 20 heavy (non-hydrogen) atoms. The summed E-state index contributed by atoms with van der Waals surface area (Å²) in [5, 5.41) is 20.7. The number of nitro benzene ring substituents is 1. The Hall–Kier alpha value is -1.92. The molecule has 2 aromatic carbocycles. The lowest BCUT2D eigenvalue weighted by atomic mass is 10.1. The van der Waals surface area contributed by atoms with E-state index < -0.39 is 11.0 Å². The molecule has 1 N–H and O–H groups in total. The van der Waals surface area contributed by atoms with Crippen molar-refractivity contribution in [2.24, 2.45) is 0 Å². The van der Waals surface area contributed by atoms with Gasteiger partial charge in [-0.25, -0.2) is 0 Å². The van der Waals surface area contributed by atoms with Gasteiger partial charge in [-0.15, -0.1) is 0 Å². The highest BCUT2D eigenvalue weighted by molar-refractivity contribution is 9.10. The molecule has 0 amide bonds. The predicted octanol–water partition coefficient (Wildman–Crippen LogP) is 4.20. The first-order chi connectivity index (χ1) is 9.49. The number of hydrogen-bond acceptors (Lipinski definition) is 4. The second-order valence-corrected chi connectivity index (χ2v) is 5.10. The van der Waals surface area contributed by atoms with Crippen molar-refractivity contribution in [2.75, 3.05) is 0 Å². The average Bonchev–Trinajstić information content (AvgIpc) is 2.41. The second-order valence-electron chi connectivity index (χ2n) is 4.19. The quantitative estimate of drug-likeness (QED) is 0.670. The molecule has 104 valence electrons. The van der Waals surface area contributed by atoms with Gasteiger partial charge in [0.1, 0.15) is 5.75 Å². The molecule has 0 aliphatic rings. The topological polar surface area (TPSA) is 72.6 Å². The van der Waals surface area contributed by atoms with Crippen molar-refractivity contribution in [2.45, 2.75) is 13.0 Å². The summed E-state index contributed by atoms with van der Waals surface area (Å²) in [7, 11) is 0. The van der Waals surface area contributed by atoms with Gasteiger partial charge in [0.2, 0.25) is 5.75 Å². The fourth-order valence-corrected chi connectivity index (χ4v) is 2.11. The van der Waals surface area contributed by atoms with E-state index in [4.69, 9.17) is 4.74 Å². The fourth-order valence-electron chi connectivity index (χ4n) is 1.76. The molecule has 1 atom stereocenters. The van der Waals surface area contributed by atoms with Crippen LogP contribution in [-0.4, -0.2) is 10.0 Å². The SMILES string of the molecule is CC(O)c1ccccc1Oc1ccc(Br)cc1[N+](=O)[O-]. The van der Waals surface area contributed by atoms with E-state index in [-0.39, 0.29) is 11.4 Å². The van der Waals surface area contributed by atoms with Crippen molar-refractivity contribution in [1.29, 1.82) is 0 Å². The van der Waals surface area contributed by atoms with E-state index in [1.807, 2.05) is 0 Å². The van der Waals surface area contributed by atoms with Crippen LogP contribution < -0.4 is 4.74 Å². The maximum absolute atomic E-state index is 11.0. The molecule has 5 nitrogen and oxygen atoms in total. The molecule has 0 radical (unpaired) electrons. The molecule has 0 saturated carbocycles. The molecule has 2 aromatic rings. The number of ether oxygens (including phenoxy) is 1. The van der Waals surface area contributed by atoms with Crippen molar-refractivity contribution in [3.05, 3.63) is 62.6 Å². The summed E-state index contributed by atoms with van der Waals surface area (Å²) >= 11 is 3.19. The number of benzene rings is 2. The first kappa shape index (κ1) is 14.5. The average molecular weight is 338 g/mol. The van der Waals surface area contributed by atoms with Gasteiger partial charge in [0, 0.05) is 16.1 Å². The van der Waals surface area contributed by atoms with Crippen LogP contribution in [0.1, 0.15) is 18.6 Å².